The molecule has 12 nitrogen and oxygen atoms in total. The van der Waals surface area contributed by atoms with Gasteiger partial charge in [-0.2, -0.15) is 0 Å². The summed E-state index contributed by atoms with van der Waals surface area (Å²) < 4.78 is 0. The van der Waals surface area contributed by atoms with Crippen LogP contribution in [0.15, 0.2) is 54.7 Å². The number of carboxylic acid groups (broad SMARTS) is 1. The Labute approximate surface area is 257 Å². The first-order valence-electron chi connectivity index (χ1n) is 14.9. The Morgan fingerprint density at radius 1 is 0.841 bits per heavy atom. The molecule has 0 fully saturated rings. The SMILES string of the molecule is CC(C)CC(N)C(=O)NC(CCCCN)C(=O)NC(Cc1ccc(O)cc1)C(=O)NC(Cc1c[nH]c2ccccc12)C(=O)O. The third-order valence-corrected chi connectivity index (χ3v) is 7.36. The van der Waals surface area contributed by atoms with Crippen molar-refractivity contribution in [3.63, 3.8) is 0 Å². The molecule has 0 saturated heterocycles. The van der Waals surface area contributed by atoms with E-state index >= 15 is 0 Å². The molecule has 4 unspecified atom stereocenters. The number of rotatable bonds is 17. The zero-order valence-electron chi connectivity index (χ0n) is 25.2. The first kappa shape index (κ1) is 34.1. The quantitative estimate of drug-likeness (QED) is 0.105. The molecule has 238 valence electrons. The molecule has 4 atom stereocenters. The highest BCUT2D eigenvalue weighted by atomic mass is 16.4. The largest absolute Gasteiger partial charge is 0.508 e. The Balaban J connectivity index is 1.82. The maximum atomic E-state index is 13.6. The molecular formula is C32H44N6O6. The van der Waals surface area contributed by atoms with Crippen LogP contribution in [0.2, 0.25) is 0 Å². The second kappa shape index (κ2) is 16.4. The highest BCUT2D eigenvalue weighted by Crippen LogP contribution is 2.19. The zero-order valence-corrected chi connectivity index (χ0v) is 25.2. The lowest BCUT2D eigenvalue weighted by Gasteiger charge is -2.25. The molecular weight excluding hydrogens is 564 g/mol. The number of carboxylic acids is 1. The smallest absolute Gasteiger partial charge is 0.326 e. The van der Waals surface area contributed by atoms with E-state index in [0.29, 0.717) is 36.9 Å². The molecule has 0 aliphatic carbocycles. The number of hydrogen-bond donors (Lipinski definition) is 8. The number of aromatic hydroxyl groups is 1. The lowest BCUT2D eigenvalue weighted by Crippen LogP contribution is -2.57. The van der Waals surface area contributed by atoms with Crippen molar-refractivity contribution in [2.24, 2.45) is 17.4 Å². The number of para-hydroxylation sites is 1. The monoisotopic (exact) mass is 608 g/mol. The number of carbonyl (C=O) groups is 4. The van der Waals surface area contributed by atoms with Crippen LogP contribution in [-0.4, -0.2) is 69.6 Å². The van der Waals surface area contributed by atoms with Gasteiger partial charge in [-0.15, -0.1) is 0 Å². The van der Waals surface area contributed by atoms with E-state index < -0.39 is 47.9 Å². The first-order chi connectivity index (χ1) is 21.0. The van der Waals surface area contributed by atoms with Crippen LogP contribution in [0.1, 0.15) is 50.7 Å². The second-order valence-corrected chi connectivity index (χ2v) is 11.5. The number of aliphatic carboxylic acids is 1. The fraction of sp³-hybridized carbons (Fsp3) is 0.438. The number of H-pyrrole nitrogens is 1. The predicted octanol–water partition coefficient (Wildman–Crippen LogP) is 1.70. The first-order valence-corrected chi connectivity index (χ1v) is 14.9. The number of unbranched alkanes of at least 4 members (excludes halogenated alkanes) is 1. The fourth-order valence-electron chi connectivity index (χ4n) is 5.00. The minimum Gasteiger partial charge on any atom is -0.508 e. The van der Waals surface area contributed by atoms with Gasteiger partial charge < -0.3 is 42.6 Å². The molecule has 0 spiro atoms. The maximum absolute atomic E-state index is 13.6. The van der Waals surface area contributed by atoms with Gasteiger partial charge in [0.2, 0.25) is 17.7 Å². The van der Waals surface area contributed by atoms with Crippen molar-refractivity contribution >= 4 is 34.6 Å². The summed E-state index contributed by atoms with van der Waals surface area (Å²) in [5.41, 5.74) is 13.9. The van der Waals surface area contributed by atoms with E-state index in [-0.39, 0.29) is 30.9 Å². The molecule has 3 rings (SSSR count). The molecule has 0 aliphatic rings. The minimum absolute atomic E-state index is 0.00755. The van der Waals surface area contributed by atoms with Crippen LogP contribution >= 0.6 is 0 Å². The van der Waals surface area contributed by atoms with E-state index in [9.17, 15) is 29.4 Å². The number of fused-ring (bicyclic) bond motifs is 1. The van der Waals surface area contributed by atoms with Gasteiger partial charge in [0.1, 0.15) is 23.9 Å². The summed E-state index contributed by atoms with van der Waals surface area (Å²) in [6, 6.07) is 9.29. The van der Waals surface area contributed by atoms with E-state index in [1.54, 1.807) is 18.3 Å². The van der Waals surface area contributed by atoms with Gasteiger partial charge in [0, 0.05) is 29.9 Å². The topological polar surface area (TPSA) is 213 Å². The van der Waals surface area contributed by atoms with Crippen molar-refractivity contribution < 1.29 is 29.4 Å². The van der Waals surface area contributed by atoms with Crippen molar-refractivity contribution in [1.29, 1.82) is 0 Å². The Kier molecular flexibility index (Phi) is 12.7. The van der Waals surface area contributed by atoms with E-state index in [4.69, 9.17) is 11.5 Å². The van der Waals surface area contributed by atoms with Gasteiger partial charge in [-0.1, -0.05) is 44.2 Å². The molecule has 3 aromatic rings. The van der Waals surface area contributed by atoms with Crippen molar-refractivity contribution in [3.05, 3.63) is 65.9 Å². The van der Waals surface area contributed by atoms with Crippen LogP contribution in [0.25, 0.3) is 10.9 Å². The van der Waals surface area contributed by atoms with E-state index in [2.05, 4.69) is 20.9 Å². The lowest BCUT2D eigenvalue weighted by atomic mass is 10.0. The van der Waals surface area contributed by atoms with Crippen LogP contribution in [-0.2, 0) is 32.0 Å². The molecule has 10 N–H and O–H groups in total. The summed E-state index contributed by atoms with van der Waals surface area (Å²) in [6.07, 6.45) is 3.61. The second-order valence-electron chi connectivity index (χ2n) is 11.5. The standard InChI is InChI=1S/C32H44N6O6/c1-19(2)15-24(34)29(40)36-26(9-5-6-14-33)30(41)37-27(16-20-10-12-22(39)13-11-20)31(42)38-28(32(43)44)17-21-18-35-25-8-4-3-7-23(21)25/h3-4,7-8,10-13,18-19,24,26-28,35,39H,5-6,9,14-17,33-34H2,1-2H3,(H,36,40)(H,37,41)(H,38,42)(H,43,44). The molecule has 0 bridgehead atoms. The van der Waals surface area contributed by atoms with Crippen molar-refractivity contribution in [1.82, 2.24) is 20.9 Å². The fourth-order valence-corrected chi connectivity index (χ4v) is 5.00. The van der Waals surface area contributed by atoms with E-state index in [0.717, 1.165) is 10.9 Å². The van der Waals surface area contributed by atoms with Gasteiger partial charge in [0.05, 0.1) is 6.04 Å². The number of nitrogens with two attached hydrogens (primary N) is 2. The summed E-state index contributed by atoms with van der Waals surface area (Å²) in [5, 5.41) is 28.6. The normalized spacial score (nSPS) is 14.0. The molecule has 12 heteroatoms. The third-order valence-electron chi connectivity index (χ3n) is 7.36. The summed E-state index contributed by atoms with van der Waals surface area (Å²) in [7, 11) is 0. The third kappa shape index (κ3) is 10.1. The molecule has 44 heavy (non-hydrogen) atoms. The Morgan fingerprint density at radius 3 is 2.14 bits per heavy atom. The van der Waals surface area contributed by atoms with Crippen molar-refractivity contribution in [3.8, 4) is 5.75 Å². The highest BCUT2D eigenvalue weighted by Gasteiger charge is 2.31. The number of phenolic OH excluding ortho intramolecular Hbond substituents is 1. The summed E-state index contributed by atoms with van der Waals surface area (Å²) >= 11 is 0. The molecule has 0 radical (unpaired) electrons. The Morgan fingerprint density at radius 2 is 1.48 bits per heavy atom. The summed E-state index contributed by atoms with van der Waals surface area (Å²) in [6.45, 7) is 4.29. The number of aromatic amines is 1. The molecule has 0 aliphatic heterocycles. The maximum Gasteiger partial charge on any atom is 0.326 e. The van der Waals surface area contributed by atoms with E-state index in [1.807, 2.05) is 38.1 Å². The summed E-state index contributed by atoms with van der Waals surface area (Å²) in [5.74, 6) is -2.81. The number of benzene rings is 2. The van der Waals surface area contributed by atoms with Crippen molar-refractivity contribution in [2.45, 2.75) is 76.5 Å². The van der Waals surface area contributed by atoms with Crippen LogP contribution in [0.3, 0.4) is 0 Å². The van der Waals surface area contributed by atoms with Crippen LogP contribution in [0.5, 0.6) is 5.75 Å². The molecule has 1 aromatic heterocycles. The van der Waals surface area contributed by atoms with Gasteiger partial charge >= 0.3 is 5.97 Å². The average Bonchev–Trinajstić information content (AvgIpc) is 3.39. The number of carbonyl (C=O) groups excluding carboxylic acids is 3. The Bertz CT molecular complexity index is 1410. The van der Waals surface area contributed by atoms with Gasteiger partial charge in [-0.25, -0.2) is 4.79 Å². The zero-order chi connectivity index (χ0) is 32.2. The molecule has 1 heterocycles. The van der Waals surface area contributed by atoms with Gasteiger partial charge in [0.15, 0.2) is 0 Å². The number of amides is 3. The Hall–Kier alpha value is -4.42. The van der Waals surface area contributed by atoms with Crippen LogP contribution in [0.4, 0.5) is 0 Å². The minimum atomic E-state index is -1.28. The van der Waals surface area contributed by atoms with E-state index in [1.165, 1.54) is 12.1 Å². The van der Waals surface area contributed by atoms with Gasteiger partial charge in [0.25, 0.3) is 0 Å². The lowest BCUT2D eigenvalue weighted by molar-refractivity contribution is -0.142. The molecule has 0 saturated carbocycles. The van der Waals surface area contributed by atoms with Crippen molar-refractivity contribution in [2.75, 3.05) is 6.54 Å². The number of nitrogens with one attached hydrogen (secondary N) is 4. The van der Waals surface area contributed by atoms with Gasteiger partial charge in [-0.3, -0.25) is 14.4 Å². The highest BCUT2D eigenvalue weighted by molar-refractivity contribution is 5.94. The van der Waals surface area contributed by atoms with Crippen LogP contribution < -0.4 is 27.4 Å². The summed E-state index contributed by atoms with van der Waals surface area (Å²) in [4.78, 5) is 55.4. The molecule has 3 amide bonds. The number of aromatic nitrogens is 1. The average molecular weight is 609 g/mol. The molecule has 2 aromatic carbocycles. The number of hydrogen-bond acceptors (Lipinski definition) is 7. The predicted molar refractivity (Wildman–Crippen MR) is 168 cm³/mol. The van der Waals surface area contributed by atoms with Gasteiger partial charge in [-0.05, 0) is 67.5 Å². The number of phenols is 1. The van der Waals surface area contributed by atoms with Crippen LogP contribution in [0, 0.1) is 5.92 Å².